The number of fused-ring (bicyclic) bond motifs is 15. The van der Waals surface area contributed by atoms with E-state index in [0.717, 1.165) is 47.4 Å². The highest BCUT2D eigenvalue weighted by Gasteiger charge is 2.45. The largest absolute Gasteiger partial charge is 0.301 e. The molecule has 0 amide bonds. The van der Waals surface area contributed by atoms with Crippen molar-refractivity contribution in [1.82, 2.24) is 9.55 Å². The second kappa shape index (κ2) is 17.4. The van der Waals surface area contributed by atoms with E-state index in [1.807, 2.05) is 23.6 Å². The molecule has 6 heterocycles. The fourth-order valence-electron chi connectivity index (χ4n) is 12.2. The summed E-state index contributed by atoms with van der Waals surface area (Å²) >= 11 is 1.84. The summed E-state index contributed by atoms with van der Waals surface area (Å²) in [6.45, 7) is 29.2. The summed E-state index contributed by atoms with van der Waals surface area (Å²) in [6, 6.07) is 41.1. The fraction of sp³-hybridized carbons (Fsp3) is 0.302. The molecule has 0 aliphatic carbocycles. The molecule has 70 heavy (non-hydrogen) atoms. The Hall–Kier alpha value is -6.46. The first-order chi connectivity index (χ1) is 33.6. The fourth-order valence-corrected chi connectivity index (χ4v) is 15.3. The number of nitrogens with zero attached hydrogens (tertiary/aromatic N) is 5. The number of hydrogen-bond acceptors (Lipinski definition) is 3. The minimum atomic E-state index is -1.77. The van der Waals surface area contributed by atoms with Gasteiger partial charge < -0.3 is 0 Å². The minimum Gasteiger partial charge on any atom is -0.264 e. The van der Waals surface area contributed by atoms with Crippen LogP contribution in [0.2, 0.25) is 19.6 Å². The van der Waals surface area contributed by atoms with Crippen LogP contribution in [0.4, 0.5) is 0 Å². The van der Waals surface area contributed by atoms with E-state index in [2.05, 4.69) is 197 Å². The van der Waals surface area contributed by atoms with Gasteiger partial charge in [0, 0.05) is 56.2 Å². The second-order valence-electron chi connectivity index (χ2n) is 22.3. The van der Waals surface area contributed by atoms with Gasteiger partial charge in [0.1, 0.15) is 11.4 Å². The first-order valence-electron chi connectivity index (χ1n) is 25.5. The van der Waals surface area contributed by atoms with Crippen molar-refractivity contribution >= 4 is 61.5 Å². The maximum atomic E-state index is 10.1. The maximum absolute atomic E-state index is 10.1. The summed E-state index contributed by atoms with van der Waals surface area (Å²) < 4.78 is 10.3. The summed E-state index contributed by atoms with van der Waals surface area (Å²) in [5.74, 6) is 2.38. The molecule has 2 aliphatic heterocycles. The smallest absolute Gasteiger partial charge is 0.264 e. The van der Waals surface area contributed by atoms with Crippen LogP contribution in [-0.2, 0) is 12.8 Å². The summed E-state index contributed by atoms with van der Waals surface area (Å²) in [6.07, 6.45) is 10.4. The monoisotopic (exact) mass is 951 g/mol. The van der Waals surface area contributed by atoms with Gasteiger partial charge in [-0.05, 0) is 120 Å². The molecule has 0 bridgehead atoms. The predicted molar refractivity (Wildman–Crippen MR) is 296 cm³/mol. The Kier molecular flexibility index (Phi) is 11.4. The molecule has 350 valence electrons. The van der Waals surface area contributed by atoms with Crippen molar-refractivity contribution in [2.24, 2.45) is 5.92 Å². The van der Waals surface area contributed by atoms with Gasteiger partial charge in [-0.1, -0.05) is 122 Å². The number of hydrogen-bond donors (Lipinski definition) is 0. The van der Waals surface area contributed by atoms with Crippen LogP contribution >= 0.6 is 11.3 Å². The highest BCUT2D eigenvalue weighted by atomic mass is 32.1. The summed E-state index contributed by atoms with van der Waals surface area (Å²) in [5.41, 5.74) is 19.8. The Balaban J connectivity index is 1.27. The molecule has 0 saturated heterocycles. The van der Waals surface area contributed by atoms with Crippen molar-refractivity contribution in [2.45, 2.75) is 118 Å². The highest BCUT2D eigenvalue weighted by molar-refractivity contribution is 7.26. The molecule has 2 aliphatic rings. The van der Waals surface area contributed by atoms with E-state index in [-0.39, 0.29) is 23.8 Å². The van der Waals surface area contributed by atoms with Gasteiger partial charge in [-0.25, -0.2) is 0 Å². The Bertz CT molecular complexity index is 3600. The van der Waals surface area contributed by atoms with Crippen LogP contribution in [0.25, 0.3) is 76.4 Å². The number of rotatable bonds is 7. The van der Waals surface area contributed by atoms with E-state index in [0.29, 0.717) is 11.5 Å². The zero-order valence-corrected chi connectivity index (χ0v) is 44.4. The minimum absolute atomic E-state index is 0.118. The number of thiophene rings is 1. The van der Waals surface area contributed by atoms with Gasteiger partial charge in [0.2, 0.25) is 5.69 Å². The van der Waals surface area contributed by atoms with Crippen LogP contribution in [0, 0.1) is 24.2 Å². The number of benzene rings is 5. The molecular formula is C63H65N5SSi+2. The summed E-state index contributed by atoms with van der Waals surface area (Å²) in [4.78, 5) is 4.87. The Morgan fingerprint density at radius 3 is 2.30 bits per heavy atom. The number of pyridine rings is 2. The SMILES string of the molecule is C=C1CC2C(CCc3cc(C)c4c(sc5cc(C#N)ccc54)c3-c3n1c1ccccc1[n+]3-c1c(C(C)C)cc(-c3ccccc3)cc1C(C)C)c1cnccc1-c1cc(CC(C)C)c([Si](C)(C)C)c[n+]12. The van der Waals surface area contributed by atoms with E-state index < -0.39 is 8.07 Å². The van der Waals surface area contributed by atoms with Crippen molar-refractivity contribution < 1.29 is 9.13 Å². The van der Waals surface area contributed by atoms with E-state index in [1.54, 1.807) is 5.19 Å². The van der Waals surface area contributed by atoms with Crippen molar-refractivity contribution in [1.29, 1.82) is 5.26 Å². The molecule has 9 aromatic rings. The van der Waals surface area contributed by atoms with Crippen LogP contribution in [0.3, 0.4) is 0 Å². The molecule has 0 fully saturated rings. The van der Waals surface area contributed by atoms with E-state index in [9.17, 15) is 5.26 Å². The lowest BCUT2D eigenvalue weighted by molar-refractivity contribution is -0.716. The van der Waals surface area contributed by atoms with E-state index in [4.69, 9.17) is 11.6 Å². The standard InChI is InChI=1S/C63H65N5SSi/c1-37(2)27-46-33-56-48-25-26-65-35-52(48)47-24-22-44-28-40(7)59-49-23-21-42(34-64)30-57(49)69-62(59)60(44)63-67(41(8)29-55(47)66(56)36-58(46)70(9,10)11)53-19-15-16-20-54(53)68(63)61-50(38(3)4)31-45(32-51(61)39(5)6)43-17-13-12-14-18-43/h12-21,23,25-26,28,30-33,35-39,47,55H,8,22,24,27,29H2,1-7,9-11H3/q+2. The van der Waals surface area contributed by atoms with Crippen molar-refractivity contribution in [3.8, 4) is 45.5 Å². The zero-order valence-electron chi connectivity index (χ0n) is 42.6. The van der Waals surface area contributed by atoms with Crippen LogP contribution < -0.4 is 14.3 Å². The number of allylic oxidation sites excluding steroid dienone is 1. The number of nitriles is 1. The van der Waals surface area contributed by atoms with Gasteiger partial charge in [0.05, 0.1) is 42.0 Å². The molecule has 4 aromatic heterocycles. The van der Waals surface area contributed by atoms with Crippen molar-refractivity contribution in [3.05, 3.63) is 167 Å². The van der Waals surface area contributed by atoms with Crippen LogP contribution in [0.1, 0.15) is 117 Å². The van der Waals surface area contributed by atoms with Crippen LogP contribution in [-0.4, -0.2) is 17.6 Å². The van der Waals surface area contributed by atoms with Crippen LogP contribution in [0.5, 0.6) is 0 Å². The molecule has 0 saturated carbocycles. The molecule has 11 rings (SSSR count). The van der Waals surface area contributed by atoms with Crippen molar-refractivity contribution in [2.75, 3.05) is 0 Å². The third kappa shape index (κ3) is 7.49. The normalized spacial score (nSPS) is 15.9. The molecular weight excluding hydrogens is 887 g/mol. The lowest BCUT2D eigenvalue weighted by Crippen LogP contribution is -2.54. The lowest BCUT2D eigenvalue weighted by Gasteiger charge is -2.33. The van der Waals surface area contributed by atoms with Gasteiger partial charge in [0.25, 0.3) is 0 Å². The van der Waals surface area contributed by atoms with Gasteiger partial charge in [-0.3, -0.25) is 4.98 Å². The molecule has 0 radical (unpaired) electrons. The van der Waals surface area contributed by atoms with E-state index >= 15 is 0 Å². The highest BCUT2D eigenvalue weighted by Crippen LogP contribution is 2.50. The van der Waals surface area contributed by atoms with Crippen LogP contribution in [0.15, 0.2) is 128 Å². The number of para-hydroxylation sites is 2. The lowest BCUT2D eigenvalue weighted by atomic mass is 9.78. The molecule has 2 unspecified atom stereocenters. The molecule has 0 N–H and O–H groups in total. The van der Waals surface area contributed by atoms with Crippen molar-refractivity contribution in [3.63, 3.8) is 0 Å². The molecule has 0 spiro atoms. The summed E-state index contributed by atoms with van der Waals surface area (Å²) in [5, 5.41) is 14.2. The Labute approximate surface area is 419 Å². The molecule has 2 atom stereocenters. The summed E-state index contributed by atoms with van der Waals surface area (Å²) in [7, 11) is -1.77. The maximum Gasteiger partial charge on any atom is 0.301 e. The molecule has 7 heteroatoms. The molecule has 5 aromatic carbocycles. The second-order valence-corrected chi connectivity index (χ2v) is 28.4. The number of aromatic nitrogens is 4. The predicted octanol–water partition coefficient (Wildman–Crippen LogP) is 15.3. The first kappa shape index (κ1) is 46.0. The Morgan fingerprint density at radius 1 is 0.871 bits per heavy atom. The van der Waals surface area contributed by atoms with E-state index in [1.165, 1.54) is 88.0 Å². The average molecular weight is 952 g/mol. The first-order valence-corrected chi connectivity index (χ1v) is 29.8. The number of imidazole rings is 1. The third-order valence-corrected chi connectivity index (χ3v) is 18.6. The van der Waals surface area contributed by atoms with Gasteiger partial charge in [0.15, 0.2) is 23.3 Å². The Morgan fingerprint density at radius 2 is 1.60 bits per heavy atom. The number of aryl methyl sites for hydroxylation is 2. The molecule has 5 nitrogen and oxygen atoms in total. The van der Waals surface area contributed by atoms with Gasteiger partial charge in [-0.15, -0.1) is 11.3 Å². The van der Waals surface area contributed by atoms with Gasteiger partial charge in [-0.2, -0.15) is 19.0 Å². The quantitative estimate of drug-likeness (QED) is 0.118. The van der Waals surface area contributed by atoms with Gasteiger partial charge >= 0.3 is 5.82 Å². The zero-order chi connectivity index (χ0) is 48.9. The topological polar surface area (TPSA) is 49.4 Å². The average Bonchev–Trinajstić information content (AvgIpc) is 3.89. The third-order valence-electron chi connectivity index (χ3n) is 15.4.